The Morgan fingerprint density at radius 1 is 1.22 bits per heavy atom. The summed E-state index contributed by atoms with van der Waals surface area (Å²) < 4.78 is 10.4. The Labute approximate surface area is 107 Å². The second-order valence-electron chi connectivity index (χ2n) is 3.88. The maximum atomic E-state index is 10.1. The van der Waals surface area contributed by atoms with Crippen molar-refractivity contribution in [2.24, 2.45) is 0 Å². The van der Waals surface area contributed by atoms with Crippen LogP contribution in [0.2, 0.25) is 0 Å². The summed E-state index contributed by atoms with van der Waals surface area (Å²) in [4.78, 5) is 0. The van der Waals surface area contributed by atoms with Gasteiger partial charge in [-0.2, -0.15) is 0 Å². The van der Waals surface area contributed by atoms with Crippen molar-refractivity contribution in [3.63, 3.8) is 0 Å². The molecule has 0 aliphatic carbocycles. The monoisotopic (exact) mass is 256 g/mol. The average molecular weight is 256 g/mol. The first-order chi connectivity index (χ1) is 8.72. The van der Waals surface area contributed by atoms with Crippen molar-refractivity contribution < 1.29 is 24.8 Å². The van der Waals surface area contributed by atoms with Crippen LogP contribution in [0, 0.1) is 0 Å². The van der Waals surface area contributed by atoms with Crippen LogP contribution in [-0.4, -0.2) is 48.4 Å². The van der Waals surface area contributed by atoms with Gasteiger partial charge >= 0.3 is 0 Å². The molecule has 3 N–H and O–H groups in total. The molecular weight excluding hydrogens is 236 g/mol. The summed E-state index contributed by atoms with van der Waals surface area (Å²) in [6.45, 7) is 0.109. The van der Waals surface area contributed by atoms with Gasteiger partial charge in [-0.05, 0) is 24.1 Å². The van der Waals surface area contributed by atoms with Crippen molar-refractivity contribution >= 4 is 0 Å². The van der Waals surface area contributed by atoms with E-state index in [0.29, 0.717) is 17.7 Å². The van der Waals surface area contributed by atoms with Gasteiger partial charge in [0.25, 0.3) is 0 Å². The normalized spacial score (nSPS) is 14.2. The van der Waals surface area contributed by atoms with Crippen LogP contribution in [0.1, 0.15) is 18.1 Å². The summed E-state index contributed by atoms with van der Waals surface area (Å²) in [6.07, 6.45) is -0.915. The lowest BCUT2D eigenvalue weighted by molar-refractivity contribution is -0.0253. The molecule has 0 fully saturated rings. The third-order valence-corrected chi connectivity index (χ3v) is 2.63. The van der Waals surface area contributed by atoms with Gasteiger partial charge < -0.3 is 24.8 Å². The van der Waals surface area contributed by atoms with Gasteiger partial charge in [-0.3, -0.25) is 0 Å². The summed E-state index contributed by atoms with van der Waals surface area (Å²) in [7, 11) is 1.50. The number of hydrogen-bond acceptors (Lipinski definition) is 5. The Bertz CT molecular complexity index is 342. The lowest BCUT2D eigenvalue weighted by Gasteiger charge is -2.21. The third kappa shape index (κ3) is 4.27. The maximum absolute atomic E-state index is 10.1. The minimum Gasteiger partial charge on any atom is -0.491 e. The van der Waals surface area contributed by atoms with Gasteiger partial charge in [-0.25, -0.2) is 0 Å². The second-order valence-corrected chi connectivity index (χ2v) is 3.88. The fourth-order valence-electron chi connectivity index (χ4n) is 1.70. The van der Waals surface area contributed by atoms with E-state index in [1.807, 2.05) is 0 Å². The number of benzene rings is 1. The van der Waals surface area contributed by atoms with Crippen LogP contribution in [0.5, 0.6) is 5.75 Å². The first-order valence-corrected chi connectivity index (χ1v) is 5.88. The molecule has 0 saturated heterocycles. The van der Waals surface area contributed by atoms with E-state index < -0.39 is 12.2 Å². The molecular formula is C13H20O5. The molecule has 5 nitrogen and oxygen atoms in total. The molecule has 0 amide bonds. The summed E-state index contributed by atoms with van der Waals surface area (Å²) in [5.74, 6) is 0.583. The molecule has 0 saturated carbocycles. The smallest absolute Gasteiger partial charge is 0.119 e. The molecule has 18 heavy (non-hydrogen) atoms. The molecule has 0 bridgehead atoms. The highest BCUT2D eigenvalue weighted by atomic mass is 16.5. The molecule has 1 rings (SSSR count). The van der Waals surface area contributed by atoms with Crippen molar-refractivity contribution in [3.05, 3.63) is 29.8 Å². The average Bonchev–Trinajstić information content (AvgIpc) is 2.42. The molecule has 0 heterocycles. The number of aliphatic hydroxyl groups excluding tert-OH is 3. The summed E-state index contributed by atoms with van der Waals surface area (Å²) in [6, 6.07) is 6.97. The van der Waals surface area contributed by atoms with E-state index in [2.05, 4.69) is 0 Å². The van der Waals surface area contributed by atoms with Crippen LogP contribution in [-0.2, 0) is 4.74 Å². The van der Waals surface area contributed by atoms with Crippen LogP contribution in [0.3, 0.4) is 0 Å². The quantitative estimate of drug-likeness (QED) is 0.631. The van der Waals surface area contributed by atoms with E-state index in [9.17, 15) is 5.11 Å². The molecule has 1 aromatic carbocycles. The molecule has 5 heteroatoms. The topological polar surface area (TPSA) is 79.2 Å². The lowest BCUT2D eigenvalue weighted by atomic mass is 10.0. The zero-order valence-electron chi connectivity index (χ0n) is 10.5. The first kappa shape index (κ1) is 14.9. The van der Waals surface area contributed by atoms with Gasteiger partial charge in [0.05, 0.1) is 12.7 Å². The van der Waals surface area contributed by atoms with Gasteiger partial charge in [-0.15, -0.1) is 0 Å². The Morgan fingerprint density at radius 3 is 2.61 bits per heavy atom. The molecule has 102 valence electrons. The molecule has 2 atom stereocenters. The van der Waals surface area contributed by atoms with E-state index >= 15 is 0 Å². The highest BCUT2D eigenvalue weighted by Crippen LogP contribution is 2.24. The maximum Gasteiger partial charge on any atom is 0.119 e. The molecule has 0 unspecified atom stereocenters. The fourth-order valence-corrected chi connectivity index (χ4v) is 1.70. The SMILES string of the molecule is CO[C@H](CCO)[C@H](O)c1cccc(OCCO)c1. The minimum atomic E-state index is -0.820. The van der Waals surface area contributed by atoms with E-state index in [1.165, 1.54) is 7.11 Å². The van der Waals surface area contributed by atoms with Crippen LogP contribution >= 0.6 is 0 Å². The molecule has 0 radical (unpaired) electrons. The Morgan fingerprint density at radius 2 is 2.00 bits per heavy atom. The van der Waals surface area contributed by atoms with Gasteiger partial charge in [-0.1, -0.05) is 12.1 Å². The standard InChI is InChI=1S/C13H20O5/c1-17-12(5-6-14)13(16)10-3-2-4-11(9-10)18-8-7-15/h2-4,9,12-16H,5-8H2,1H3/t12-,13-/m1/s1. The molecule has 0 aliphatic rings. The Balaban J connectivity index is 2.74. The fraction of sp³-hybridized carbons (Fsp3) is 0.538. The predicted molar refractivity (Wildman–Crippen MR) is 66.5 cm³/mol. The van der Waals surface area contributed by atoms with Crippen molar-refractivity contribution in [1.29, 1.82) is 0 Å². The highest BCUT2D eigenvalue weighted by Gasteiger charge is 2.20. The molecule has 0 spiro atoms. The summed E-state index contributed by atoms with van der Waals surface area (Å²) in [5, 5.41) is 27.7. The van der Waals surface area contributed by atoms with Crippen molar-refractivity contribution in [2.45, 2.75) is 18.6 Å². The minimum absolute atomic E-state index is 0.0454. The van der Waals surface area contributed by atoms with Crippen LogP contribution in [0.25, 0.3) is 0 Å². The Hall–Kier alpha value is -1.14. The number of methoxy groups -OCH3 is 1. The number of rotatable bonds is 8. The van der Waals surface area contributed by atoms with Gasteiger partial charge in [0.2, 0.25) is 0 Å². The zero-order chi connectivity index (χ0) is 13.4. The van der Waals surface area contributed by atoms with Crippen LogP contribution in [0.15, 0.2) is 24.3 Å². The molecule has 0 aromatic heterocycles. The van der Waals surface area contributed by atoms with E-state index in [0.717, 1.165) is 0 Å². The second kappa shape index (κ2) is 8.05. The highest BCUT2D eigenvalue weighted by molar-refractivity contribution is 5.30. The first-order valence-electron chi connectivity index (χ1n) is 5.88. The van der Waals surface area contributed by atoms with E-state index in [-0.39, 0.29) is 19.8 Å². The van der Waals surface area contributed by atoms with Crippen molar-refractivity contribution in [1.82, 2.24) is 0 Å². The summed E-state index contributed by atoms with van der Waals surface area (Å²) >= 11 is 0. The Kier molecular flexibility index (Phi) is 6.67. The van der Waals surface area contributed by atoms with Crippen molar-refractivity contribution in [2.75, 3.05) is 26.9 Å². The third-order valence-electron chi connectivity index (χ3n) is 2.63. The van der Waals surface area contributed by atoms with E-state index in [4.69, 9.17) is 19.7 Å². The molecule has 1 aromatic rings. The molecule has 0 aliphatic heterocycles. The van der Waals surface area contributed by atoms with Crippen LogP contribution < -0.4 is 4.74 Å². The van der Waals surface area contributed by atoms with Gasteiger partial charge in [0.15, 0.2) is 0 Å². The van der Waals surface area contributed by atoms with Gasteiger partial charge in [0.1, 0.15) is 18.5 Å². The van der Waals surface area contributed by atoms with E-state index in [1.54, 1.807) is 24.3 Å². The number of ether oxygens (including phenoxy) is 2. The zero-order valence-corrected chi connectivity index (χ0v) is 10.5. The lowest BCUT2D eigenvalue weighted by Crippen LogP contribution is -2.22. The number of hydrogen-bond donors (Lipinski definition) is 3. The summed E-state index contributed by atoms with van der Waals surface area (Å²) in [5.41, 5.74) is 0.658. The number of aliphatic hydroxyl groups is 3. The largest absolute Gasteiger partial charge is 0.491 e. The van der Waals surface area contributed by atoms with Gasteiger partial charge in [0, 0.05) is 13.7 Å². The van der Waals surface area contributed by atoms with Crippen LogP contribution in [0.4, 0.5) is 0 Å². The van der Waals surface area contributed by atoms with Crippen molar-refractivity contribution in [3.8, 4) is 5.75 Å². The predicted octanol–water partition coefficient (Wildman–Crippen LogP) is 0.488.